The van der Waals surface area contributed by atoms with E-state index in [0.717, 1.165) is 35.2 Å². The van der Waals surface area contributed by atoms with Crippen molar-refractivity contribution in [2.75, 3.05) is 32.1 Å². The Labute approximate surface area is 128 Å². The molecule has 0 radical (unpaired) electrons. The molecule has 118 valence electrons. The molecule has 1 fully saturated rings. The number of aryl methyl sites for hydroxylation is 1. The van der Waals surface area contributed by atoms with Crippen molar-refractivity contribution < 1.29 is 14.2 Å². The number of thiazole rings is 1. The summed E-state index contributed by atoms with van der Waals surface area (Å²) in [5.41, 5.74) is 0.822. The fourth-order valence-corrected chi connectivity index (χ4v) is 3.55. The van der Waals surface area contributed by atoms with Crippen LogP contribution in [0.3, 0.4) is 0 Å². The monoisotopic (exact) mass is 315 g/mol. The molecule has 1 aliphatic rings. The van der Waals surface area contributed by atoms with Gasteiger partial charge in [-0.25, -0.2) is 4.98 Å². The average Bonchev–Trinajstić information content (AvgIpc) is 2.87. The summed E-state index contributed by atoms with van der Waals surface area (Å²) in [4.78, 5) is 11.5. The maximum absolute atomic E-state index is 12.1. The number of halogens is 1. The van der Waals surface area contributed by atoms with E-state index < -0.39 is 0 Å². The summed E-state index contributed by atoms with van der Waals surface area (Å²) in [5.74, 6) is 0.0820. The standard InChI is InChI=1S/C14H22FN3O2S/c1-9(20-15)7-12-10(2)21-14(17-12)18-6-5-11(16-3)13(8-18)19-4/h11,13,16H,1,5-8H2,2-4H3/t11-,13+/m1/s1. The Balaban J connectivity index is 2.08. The van der Waals surface area contributed by atoms with Gasteiger partial charge in [-0.15, -0.1) is 11.3 Å². The summed E-state index contributed by atoms with van der Waals surface area (Å²) in [6.45, 7) is 7.21. The van der Waals surface area contributed by atoms with Crippen molar-refractivity contribution in [3.05, 3.63) is 22.9 Å². The molecular weight excluding hydrogens is 293 g/mol. The Morgan fingerprint density at radius 3 is 3.00 bits per heavy atom. The number of aromatic nitrogens is 1. The molecule has 2 atom stereocenters. The highest BCUT2D eigenvalue weighted by molar-refractivity contribution is 7.15. The van der Waals surface area contributed by atoms with Gasteiger partial charge in [0.1, 0.15) is 5.76 Å². The van der Waals surface area contributed by atoms with E-state index in [0.29, 0.717) is 12.5 Å². The van der Waals surface area contributed by atoms with Crippen LogP contribution < -0.4 is 10.2 Å². The smallest absolute Gasteiger partial charge is 0.185 e. The maximum Gasteiger partial charge on any atom is 0.185 e. The first-order valence-electron chi connectivity index (χ1n) is 6.96. The molecule has 1 aromatic heterocycles. The van der Waals surface area contributed by atoms with Crippen LogP contribution in [0, 0.1) is 6.92 Å². The molecule has 1 aliphatic heterocycles. The van der Waals surface area contributed by atoms with E-state index in [1.54, 1.807) is 18.4 Å². The second-order valence-electron chi connectivity index (χ2n) is 5.20. The van der Waals surface area contributed by atoms with Crippen LogP contribution in [-0.4, -0.2) is 44.4 Å². The molecule has 0 aliphatic carbocycles. The zero-order valence-electron chi connectivity index (χ0n) is 12.7. The van der Waals surface area contributed by atoms with E-state index in [-0.39, 0.29) is 11.9 Å². The topological polar surface area (TPSA) is 46.6 Å². The van der Waals surface area contributed by atoms with E-state index in [1.165, 1.54) is 0 Å². The SMILES string of the molecule is C=C(Cc1nc(N2CC[C@@H](NC)[C@@H](OC)C2)sc1C)OF. The van der Waals surface area contributed by atoms with E-state index in [2.05, 4.69) is 26.7 Å². The first kappa shape index (κ1) is 16.2. The first-order chi connectivity index (χ1) is 10.1. The molecule has 1 N–H and O–H groups in total. The third-order valence-electron chi connectivity index (χ3n) is 3.86. The molecule has 0 aromatic carbocycles. The van der Waals surface area contributed by atoms with Crippen LogP contribution in [0.4, 0.5) is 9.66 Å². The summed E-state index contributed by atoms with van der Waals surface area (Å²) < 4.78 is 17.6. The van der Waals surface area contributed by atoms with E-state index in [9.17, 15) is 4.53 Å². The highest BCUT2D eigenvalue weighted by atomic mass is 32.1. The summed E-state index contributed by atoms with van der Waals surface area (Å²) >= 11 is 1.61. The van der Waals surface area contributed by atoms with Crippen LogP contribution in [0.15, 0.2) is 12.3 Å². The van der Waals surface area contributed by atoms with Crippen LogP contribution in [0.25, 0.3) is 0 Å². The van der Waals surface area contributed by atoms with E-state index in [1.807, 2.05) is 14.0 Å². The summed E-state index contributed by atoms with van der Waals surface area (Å²) in [5, 5.41) is 4.24. The number of rotatable bonds is 6. The van der Waals surface area contributed by atoms with Gasteiger partial charge >= 0.3 is 0 Å². The second-order valence-corrected chi connectivity index (χ2v) is 6.38. The van der Waals surface area contributed by atoms with E-state index >= 15 is 0 Å². The van der Waals surface area contributed by atoms with Crippen molar-refractivity contribution in [2.45, 2.75) is 31.9 Å². The quantitative estimate of drug-likeness (QED) is 0.816. The van der Waals surface area contributed by atoms with Gasteiger partial charge in [-0.05, 0) is 20.4 Å². The average molecular weight is 315 g/mol. The zero-order chi connectivity index (χ0) is 15.4. The number of methoxy groups -OCH3 is 1. The number of hydrogen-bond donors (Lipinski definition) is 1. The molecule has 2 heterocycles. The Bertz CT molecular complexity index is 495. The minimum absolute atomic E-state index is 0.0820. The summed E-state index contributed by atoms with van der Waals surface area (Å²) in [6.07, 6.45) is 1.45. The molecular formula is C14H22FN3O2S. The van der Waals surface area contributed by atoms with Crippen molar-refractivity contribution >= 4 is 16.5 Å². The largest absolute Gasteiger partial charge is 0.378 e. The fourth-order valence-electron chi connectivity index (χ4n) is 2.59. The summed E-state index contributed by atoms with van der Waals surface area (Å²) in [7, 11) is 3.69. The molecule has 2 rings (SSSR count). The Morgan fingerprint density at radius 1 is 1.62 bits per heavy atom. The highest BCUT2D eigenvalue weighted by Gasteiger charge is 2.29. The molecule has 0 amide bonds. The number of likely N-dealkylation sites (N-methyl/N-ethyl adjacent to an activating group) is 1. The Hall–Kier alpha value is -1.18. The Kier molecular flexibility index (Phi) is 5.55. The zero-order valence-corrected chi connectivity index (χ0v) is 13.5. The van der Waals surface area contributed by atoms with Crippen LogP contribution in [0.2, 0.25) is 0 Å². The molecule has 1 aromatic rings. The number of ether oxygens (including phenoxy) is 1. The van der Waals surface area contributed by atoms with Gasteiger partial charge in [-0.3, -0.25) is 4.94 Å². The van der Waals surface area contributed by atoms with Crippen molar-refractivity contribution in [1.29, 1.82) is 0 Å². The minimum atomic E-state index is 0.0820. The van der Waals surface area contributed by atoms with Crippen LogP contribution in [-0.2, 0) is 16.1 Å². The minimum Gasteiger partial charge on any atom is -0.378 e. The Morgan fingerprint density at radius 2 is 2.38 bits per heavy atom. The van der Waals surface area contributed by atoms with Gasteiger partial charge in [0, 0.05) is 35.6 Å². The molecule has 0 spiro atoms. The van der Waals surface area contributed by atoms with Crippen molar-refractivity contribution in [3.8, 4) is 0 Å². The van der Waals surface area contributed by atoms with Crippen LogP contribution in [0.1, 0.15) is 17.0 Å². The normalized spacial score (nSPS) is 22.4. The maximum atomic E-state index is 12.1. The number of hydrogen-bond acceptors (Lipinski definition) is 6. The van der Waals surface area contributed by atoms with Gasteiger partial charge in [0.2, 0.25) is 0 Å². The molecule has 5 nitrogen and oxygen atoms in total. The second kappa shape index (κ2) is 7.20. The van der Waals surface area contributed by atoms with Gasteiger partial charge in [0.05, 0.1) is 18.2 Å². The van der Waals surface area contributed by atoms with Crippen molar-refractivity contribution in [1.82, 2.24) is 10.3 Å². The fraction of sp³-hybridized carbons (Fsp3) is 0.643. The third kappa shape index (κ3) is 3.72. The van der Waals surface area contributed by atoms with Crippen molar-refractivity contribution in [3.63, 3.8) is 0 Å². The number of anilines is 1. The van der Waals surface area contributed by atoms with Gasteiger partial charge in [-0.1, -0.05) is 6.58 Å². The lowest BCUT2D eigenvalue weighted by atomic mass is 10.0. The van der Waals surface area contributed by atoms with Crippen LogP contribution in [0.5, 0.6) is 0 Å². The summed E-state index contributed by atoms with van der Waals surface area (Å²) in [6, 6.07) is 0.367. The number of piperidine rings is 1. The molecule has 1 saturated heterocycles. The first-order valence-corrected chi connectivity index (χ1v) is 7.78. The van der Waals surface area contributed by atoms with Crippen LogP contribution >= 0.6 is 11.3 Å². The third-order valence-corrected chi connectivity index (χ3v) is 4.93. The van der Waals surface area contributed by atoms with E-state index in [4.69, 9.17) is 4.74 Å². The van der Waals surface area contributed by atoms with Gasteiger partial charge in [-0.2, -0.15) is 0 Å². The number of allylic oxidation sites excluding steroid dienone is 1. The lowest BCUT2D eigenvalue weighted by Crippen LogP contribution is -2.52. The molecule has 0 bridgehead atoms. The lowest BCUT2D eigenvalue weighted by molar-refractivity contribution is -0.0846. The predicted molar refractivity (Wildman–Crippen MR) is 82.4 cm³/mol. The highest BCUT2D eigenvalue weighted by Crippen LogP contribution is 2.29. The van der Waals surface area contributed by atoms with Crippen molar-refractivity contribution in [2.24, 2.45) is 0 Å². The molecule has 0 unspecified atom stereocenters. The number of nitrogens with zero attached hydrogens (tertiary/aromatic N) is 2. The molecule has 0 saturated carbocycles. The van der Waals surface area contributed by atoms with Gasteiger partial charge < -0.3 is 15.0 Å². The molecule has 7 heteroatoms. The lowest BCUT2D eigenvalue weighted by Gasteiger charge is -2.37. The molecule has 21 heavy (non-hydrogen) atoms. The van der Waals surface area contributed by atoms with Gasteiger partial charge in [0.15, 0.2) is 5.13 Å². The van der Waals surface area contributed by atoms with Gasteiger partial charge in [0.25, 0.3) is 0 Å². The predicted octanol–water partition coefficient (Wildman–Crippen LogP) is 2.22. The number of nitrogens with one attached hydrogen (secondary N) is 1.